The molecular weight excluding hydrogens is 460 g/mol. The molecular formula is C18H18Br2N6. The minimum absolute atomic E-state index is 0.207. The average Bonchev–Trinajstić information content (AvgIpc) is 2.58. The lowest BCUT2D eigenvalue weighted by atomic mass is 10.3. The number of nitrogens with zero attached hydrogens (tertiary/aromatic N) is 3. The van der Waals surface area contributed by atoms with Gasteiger partial charge >= 0.3 is 0 Å². The van der Waals surface area contributed by atoms with Crippen molar-refractivity contribution >= 4 is 61.1 Å². The van der Waals surface area contributed by atoms with Crippen LogP contribution >= 0.6 is 31.9 Å². The second-order valence-electron chi connectivity index (χ2n) is 5.87. The lowest BCUT2D eigenvalue weighted by Gasteiger charge is -2.13. The predicted molar refractivity (Wildman–Crippen MR) is 113 cm³/mol. The number of rotatable bonds is 6. The SMILES string of the molecule is CC(C)Nc1nc(Nc2ccc(Br)cc2)nc(Nc2ccc(Br)cc2)n1. The topological polar surface area (TPSA) is 74.8 Å². The molecule has 0 aliphatic heterocycles. The third-order valence-corrected chi connectivity index (χ3v) is 4.31. The van der Waals surface area contributed by atoms with Crippen molar-refractivity contribution in [3.05, 3.63) is 57.5 Å². The maximum absolute atomic E-state index is 4.47. The van der Waals surface area contributed by atoms with Crippen LogP contribution in [0.5, 0.6) is 0 Å². The molecule has 3 rings (SSSR count). The highest BCUT2D eigenvalue weighted by Crippen LogP contribution is 2.21. The van der Waals surface area contributed by atoms with Crippen molar-refractivity contribution in [2.75, 3.05) is 16.0 Å². The van der Waals surface area contributed by atoms with E-state index < -0.39 is 0 Å². The predicted octanol–water partition coefficient (Wildman–Crippen LogP) is 5.70. The molecule has 0 saturated heterocycles. The van der Waals surface area contributed by atoms with Gasteiger partial charge in [0.25, 0.3) is 0 Å². The third-order valence-electron chi connectivity index (χ3n) is 3.25. The number of hydrogen-bond acceptors (Lipinski definition) is 6. The average molecular weight is 478 g/mol. The molecule has 0 atom stereocenters. The van der Waals surface area contributed by atoms with Crippen LogP contribution in [0.15, 0.2) is 57.5 Å². The Morgan fingerprint density at radius 3 is 1.42 bits per heavy atom. The van der Waals surface area contributed by atoms with Gasteiger partial charge in [0, 0.05) is 26.4 Å². The summed E-state index contributed by atoms with van der Waals surface area (Å²) >= 11 is 6.86. The summed E-state index contributed by atoms with van der Waals surface area (Å²) in [5, 5.41) is 9.64. The fourth-order valence-corrected chi connectivity index (χ4v) is 2.66. The smallest absolute Gasteiger partial charge is 0.233 e. The molecule has 26 heavy (non-hydrogen) atoms. The molecule has 0 unspecified atom stereocenters. The van der Waals surface area contributed by atoms with E-state index in [2.05, 4.69) is 62.8 Å². The quantitative estimate of drug-likeness (QED) is 0.422. The third kappa shape index (κ3) is 5.40. The summed E-state index contributed by atoms with van der Waals surface area (Å²) in [5.74, 6) is 1.43. The highest BCUT2D eigenvalue weighted by Gasteiger charge is 2.09. The molecule has 0 saturated carbocycles. The van der Waals surface area contributed by atoms with E-state index in [9.17, 15) is 0 Å². The Hall–Kier alpha value is -2.19. The zero-order valence-corrected chi connectivity index (χ0v) is 17.5. The molecule has 0 fully saturated rings. The van der Waals surface area contributed by atoms with Crippen molar-refractivity contribution in [3.63, 3.8) is 0 Å². The molecule has 8 heteroatoms. The summed E-state index contributed by atoms with van der Waals surface area (Å²) in [7, 11) is 0. The second kappa shape index (κ2) is 8.46. The van der Waals surface area contributed by atoms with Crippen LogP contribution in [0, 0.1) is 0 Å². The van der Waals surface area contributed by atoms with Crippen molar-refractivity contribution in [1.29, 1.82) is 0 Å². The summed E-state index contributed by atoms with van der Waals surface area (Å²) in [6, 6.07) is 15.8. The van der Waals surface area contributed by atoms with Crippen molar-refractivity contribution in [2.45, 2.75) is 19.9 Å². The summed E-state index contributed by atoms with van der Waals surface area (Å²) < 4.78 is 2.02. The maximum atomic E-state index is 4.47. The van der Waals surface area contributed by atoms with Gasteiger partial charge in [0.15, 0.2) is 0 Å². The Balaban J connectivity index is 1.87. The van der Waals surface area contributed by atoms with Gasteiger partial charge in [0.1, 0.15) is 0 Å². The van der Waals surface area contributed by atoms with E-state index in [4.69, 9.17) is 0 Å². The first kappa shape index (κ1) is 18.6. The Kier molecular flexibility index (Phi) is 6.05. The lowest BCUT2D eigenvalue weighted by Crippen LogP contribution is -2.15. The van der Waals surface area contributed by atoms with Gasteiger partial charge in [-0.3, -0.25) is 0 Å². The van der Waals surface area contributed by atoms with Gasteiger partial charge in [0.05, 0.1) is 0 Å². The van der Waals surface area contributed by atoms with Crippen LogP contribution in [0.3, 0.4) is 0 Å². The molecule has 134 valence electrons. The van der Waals surface area contributed by atoms with Crippen LogP contribution < -0.4 is 16.0 Å². The highest BCUT2D eigenvalue weighted by molar-refractivity contribution is 9.10. The van der Waals surface area contributed by atoms with E-state index >= 15 is 0 Å². The van der Waals surface area contributed by atoms with E-state index in [0.29, 0.717) is 17.8 Å². The maximum Gasteiger partial charge on any atom is 0.233 e. The fraction of sp³-hybridized carbons (Fsp3) is 0.167. The number of anilines is 5. The molecule has 3 N–H and O–H groups in total. The molecule has 0 bridgehead atoms. The zero-order chi connectivity index (χ0) is 18.5. The van der Waals surface area contributed by atoms with Crippen molar-refractivity contribution in [3.8, 4) is 0 Å². The molecule has 0 spiro atoms. The minimum Gasteiger partial charge on any atom is -0.352 e. The summed E-state index contributed by atoms with van der Waals surface area (Å²) in [6.45, 7) is 4.07. The summed E-state index contributed by atoms with van der Waals surface area (Å²) in [4.78, 5) is 13.4. The van der Waals surface area contributed by atoms with E-state index in [0.717, 1.165) is 20.3 Å². The van der Waals surface area contributed by atoms with Crippen LogP contribution in [0.1, 0.15) is 13.8 Å². The Labute approximate surface area is 169 Å². The van der Waals surface area contributed by atoms with Gasteiger partial charge in [-0.05, 0) is 62.4 Å². The van der Waals surface area contributed by atoms with Crippen LogP contribution in [0.2, 0.25) is 0 Å². The Morgan fingerprint density at radius 2 is 1.04 bits per heavy atom. The van der Waals surface area contributed by atoms with E-state index in [1.165, 1.54) is 0 Å². The first-order chi connectivity index (χ1) is 12.5. The number of aromatic nitrogens is 3. The molecule has 1 heterocycles. The largest absolute Gasteiger partial charge is 0.352 e. The minimum atomic E-state index is 0.207. The number of halogens is 2. The normalized spacial score (nSPS) is 10.7. The van der Waals surface area contributed by atoms with Crippen LogP contribution in [0.25, 0.3) is 0 Å². The second-order valence-corrected chi connectivity index (χ2v) is 7.70. The molecule has 6 nitrogen and oxygen atoms in total. The monoisotopic (exact) mass is 476 g/mol. The van der Waals surface area contributed by atoms with Gasteiger partial charge in [-0.2, -0.15) is 15.0 Å². The molecule has 0 radical (unpaired) electrons. The van der Waals surface area contributed by atoms with Gasteiger partial charge in [-0.1, -0.05) is 31.9 Å². The van der Waals surface area contributed by atoms with E-state index in [1.54, 1.807) is 0 Å². The first-order valence-electron chi connectivity index (χ1n) is 8.06. The van der Waals surface area contributed by atoms with E-state index in [1.807, 2.05) is 62.4 Å². The first-order valence-corrected chi connectivity index (χ1v) is 9.64. The standard InChI is InChI=1S/C18H18Br2N6/c1-11(2)21-16-24-17(22-14-7-3-12(19)4-8-14)26-18(25-16)23-15-9-5-13(20)6-10-15/h3-11H,1-2H3,(H3,21,22,23,24,25,26). The van der Waals surface area contributed by atoms with Crippen molar-refractivity contribution in [2.24, 2.45) is 0 Å². The van der Waals surface area contributed by atoms with Crippen molar-refractivity contribution in [1.82, 2.24) is 15.0 Å². The molecule has 2 aromatic carbocycles. The van der Waals surface area contributed by atoms with Crippen LogP contribution in [-0.4, -0.2) is 21.0 Å². The van der Waals surface area contributed by atoms with Crippen LogP contribution in [-0.2, 0) is 0 Å². The van der Waals surface area contributed by atoms with Gasteiger partial charge < -0.3 is 16.0 Å². The van der Waals surface area contributed by atoms with E-state index in [-0.39, 0.29) is 6.04 Å². The molecule has 0 aliphatic carbocycles. The molecule has 1 aromatic heterocycles. The fourth-order valence-electron chi connectivity index (χ4n) is 2.14. The van der Waals surface area contributed by atoms with Crippen molar-refractivity contribution < 1.29 is 0 Å². The number of hydrogen-bond donors (Lipinski definition) is 3. The lowest BCUT2D eigenvalue weighted by molar-refractivity contribution is 0.869. The van der Waals surface area contributed by atoms with Gasteiger partial charge in [-0.15, -0.1) is 0 Å². The van der Waals surface area contributed by atoms with Crippen LogP contribution in [0.4, 0.5) is 29.2 Å². The number of benzene rings is 2. The van der Waals surface area contributed by atoms with Gasteiger partial charge in [0.2, 0.25) is 17.8 Å². The van der Waals surface area contributed by atoms with Gasteiger partial charge in [-0.25, -0.2) is 0 Å². The number of nitrogens with one attached hydrogen (secondary N) is 3. The summed E-state index contributed by atoms with van der Waals surface area (Å²) in [5.41, 5.74) is 1.79. The molecule has 0 aliphatic rings. The zero-order valence-electron chi connectivity index (χ0n) is 14.3. The molecule has 3 aromatic rings. The Bertz CT molecular complexity index is 800. The molecule has 0 amide bonds. The highest BCUT2D eigenvalue weighted by atomic mass is 79.9. The Morgan fingerprint density at radius 1 is 0.654 bits per heavy atom. The summed E-state index contributed by atoms with van der Waals surface area (Å²) in [6.07, 6.45) is 0.